The molecule has 1 aromatic heterocycles. The van der Waals surface area contributed by atoms with Gasteiger partial charge in [-0.15, -0.1) is 0 Å². The number of halogens is 3. The van der Waals surface area contributed by atoms with E-state index >= 15 is 0 Å². The lowest BCUT2D eigenvalue weighted by Crippen LogP contribution is -1.98. The molecule has 0 unspecified atom stereocenters. The van der Waals surface area contributed by atoms with Crippen LogP contribution in [0.4, 0.5) is 0 Å². The number of aldehydes is 1. The molecule has 1 heterocycles. The number of benzene rings is 2. The summed E-state index contributed by atoms with van der Waals surface area (Å²) in [5.74, 6) is 0. The van der Waals surface area contributed by atoms with Gasteiger partial charge in [0.15, 0.2) is 6.29 Å². The van der Waals surface area contributed by atoms with Gasteiger partial charge in [-0.25, -0.2) is 0 Å². The highest BCUT2D eigenvalue weighted by Gasteiger charge is 2.10. The minimum atomic E-state index is 0.558. The zero-order valence-electron chi connectivity index (χ0n) is 10.8. The summed E-state index contributed by atoms with van der Waals surface area (Å²) < 4.78 is 1.98. The lowest BCUT2D eigenvalue weighted by molar-refractivity contribution is 0.112. The first-order chi connectivity index (χ1) is 10.1. The van der Waals surface area contributed by atoms with Crippen molar-refractivity contribution in [2.45, 2.75) is 6.54 Å². The van der Waals surface area contributed by atoms with E-state index < -0.39 is 0 Å². The van der Waals surface area contributed by atoms with Gasteiger partial charge < -0.3 is 4.57 Å². The van der Waals surface area contributed by atoms with Crippen molar-refractivity contribution in [1.82, 2.24) is 4.57 Å². The van der Waals surface area contributed by atoms with E-state index in [-0.39, 0.29) is 0 Å². The minimum Gasteiger partial charge on any atom is -0.342 e. The summed E-state index contributed by atoms with van der Waals surface area (Å²) in [4.78, 5) is 11.2. The van der Waals surface area contributed by atoms with Crippen molar-refractivity contribution in [1.29, 1.82) is 0 Å². The number of rotatable bonds is 3. The number of carbonyl (C=O) groups excluding carboxylic acids is 1. The number of hydrogen-bond acceptors (Lipinski definition) is 1. The number of fused-ring (bicyclic) bond motifs is 1. The molecular formula is C16H10Cl3NO. The fourth-order valence-corrected chi connectivity index (χ4v) is 3.00. The lowest BCUT2D eigenvalue weighted by atomic mass is 10.2. The van der Waals surface area contributed by atoms with Crippen molar-refractivity contribution < 1.29 is 4.79 Å². The maximum Gasteiger partial charge on any atom is 0.152 e. The number of hydrogen-bond donors (Lipinski definition) is 0. The van der Waals surface area contributed by atoms with E-state index in [1.54, 1.807) is 30.5 Å². The third-order valence-electron chi connectivity index (χ3n) is 3.36. The van der Waals surface area contributed by atoms with Crippen molar-refractivity contribution >= 4 is 52.0 Å². The van der Waals surface area contributed by atoms with E-state index in [2.05, 4.69) is 0 Å². The van der Waals surface area contributed by atoms with Crippen molar-refractivity contribution in [2.24, 2.45) is 0 Å². The Balaban J connectivity index is 2.10. The molecule has 2 nitrogen and oxygen atoms in total. The van der Waals surface area contributed by atoms with Gasteiger partial charge in [0.25, 0.3) is 0 Å². The number of carbonyl (C=O) groups is 1. The Labute approximate surface area is 136 Å². The molecule has 0 atom stereocenters. The minimum absolute atomic E-state index is 0.558. The lowest BCUT2D eigenvalue weighted by Gasteiger charge is -2.08. The molecule has 0 radical (unpaired) electrons. The van der Waals surface area contributed by atoms with E-state index in [9.17, 15) is 4.79 Å². The van der Waals surface area contributed by atoms with Gasteiger partial charge >= 0.3 is 0 Å². The second-order valence-electron chi connectivity index (χ2n) is 4.73. The quantitative estimate of drug-likeness (QED) is 0.581. The van der Waals surface area contributed by atoms with Gasteiger partial charge in [0.2, 0.25) is 0 Å². The molecule has 2 aromatic carbocycles. The normalized spacial score (nSPS) is 11.0. The Morgan fingerprint density at radius 3 is 2.43 bits per heavy atom. The van der Waals surface area contributed by atoms with Crippen molar-refractivity contribution in [3.63, 3.8) is 0 Å². The molecule has 0 aliphatic rings. The van der Waals surface area contributed by atoms with E-state index in [1.807, 2.05) is 16.7 Å². The van der Waals surface area contributed by atoms with E-state index in [0.717, 1.165) is 22.8 Å². The standard InChI is InChI=1S/C16H10Cl3NO/c17-12-3-4-16-14(5-12)11(9-21)8-20(16)7-10-1-2-13(18)6-15(10)19/h1-6,8-9H,7H2. The van der Waals surface area contributed by atoms with Gasteiger partial charge in [-0.3, -0.25) is 4.79 Å². The Morgan fingerprint density at radius 1 is 1.00 bits per heavy atom. The summed E-state index contributed by atoms with van der Waals surface area (Å²) in [6.07, 6.45) is 2.64. The molecule has 3 aromatic rings. The van der Waals surface area contributed by atoms with Crippen molar-refractivity contribution in [3.05, 3.63) is 68.8 Å². The predicted molar refractivity (Wildman–Crippen MR) is 87.9 cm³/mol. The van der Waals surface area contributed by atoms with Crippen LogP contribution in [0.25, 0.3) is 10.9 Å². The summed E-state index contributed by atoms with van der Waals surface area (Å²) in [5.41, 5.74) is 2.48. The Kier molecular flexibility index (Phi) is 3.94. The maximum absolute atomic E-state index is 11.2. The zero-order valence-corrected chi connectivity index (χ0v) is 13.1. The highest BCUT2D eigenvalue weighted by atomic mass is 35.5. The van der Waals surface area contributed by atoms with Gasteiger partial charge in [0.05, 0.1) is 0 Å². The van der Waals surface area contributed by atoms with Crippen molar-refractivity contribution in [2.75, 3.05) is 0 Å². The van der Waals surface area contributed by atoms with Crippen LogP contribution in [0.2, 0.25) is 15.1 Å². The average Bonchev–Trinajstić information content (AvgIpc) is 2.79. The largest absolute Gasteiger partial charge is 0.342 e. The molecule has 0 bridgehead atoms. The summed E-state index contributed by atoms with van der Waals surface area (Å²) in [5, 5.41) is 2.64. The molecule has 0 N–H and O–H groups in total. The molecule has 106 valence electrons. The fraction of sp³-hybridized carbons (Fsp3) is 0.0625. The first-order valence-corrected chi connectivity index (χ1v) is 7.39. The Bertz CT molecular complexity index is 839. The highest BCUT2D eigenvalue weighted by molar-refractivity contribution is 6.35. The summed E-state index contributed by atoms with van der Waals surface area (Å²) >= 11 is 18.1. The number of aromatic nitrogens is 1. The smallest absolute Gasteiger partial charge is 0.152 e. The molecule has 3 rings (SSSR count). The Morgan fingerprint density at radius 2 is 1.71 bits per heavy atom. The van der Waals surface area contributed by atoms with Crippen LogP contribution in [0.15, 0.2) is 42.6 Å². The predicted octanol–water partition coefficient (Wildman–Crippen LogP) is 5.46. The van der Waals surface area contributed by atoms with Gasteiger partial charge in [0.1, 0.15) is 0 Å². The van der Waals surface area contributed by atoms with Gasteiger partial charge in [-0.05, 0) is 35.9 Å². The van der Waals surface area contributed by atoms with Crippen LogP contribution >= 0.6 is 34.8 Å². The van der Waals surface area contributed by atoms with Crippen LogP contribution in [-0.4, -0.2) is 10.9 Å². The molecule has 0 aliphatic carbocycles. The highest BCUT2D eigenvalue weighted by Crippen LogP contribution is 2.27. The SMILES string of the molecule is O=Cc1cn(Cc2ccc(Cl)cc2Cl)c2ccc(Cl)cc12. The summed E-state index contributed by atoms with van der Waals surface area (Å²) in [7, 11) is 0. The molecule has 0 fully saturated rings. The monoisotopic (exact) mass is 337 g/mol. The topological polar surface area (TPSA) is 22.0 Å². The van der Waals surface area contributed by atoms with Crippen LogP contribution in [0.1, 0.15) is 15.9 Å². The van der Waals surface area contributed by atoms with Crippen LogP contribution in [0, 0.1) is 0 Å². The molecule has 5 heteroatoms. The van der Waals surface area contributed by atoms with Gasteiger partial charge in [-0.1, -0.05) is 40.9 Å². The van der Waals surface area contributed by atoms with Gasteiger partial charge in [-0.2, -0.15) is 0 Å². The van der Waals surface area contributed by atoms with Gasteiger partial charge in [0, 0.05) is 44.3 Å². The molecule has 0 aliphatic heterocycles. The Hall–Kier alpha value is -1.48. The molecule has 0 saturated heterocycles. The third-order valence-corrected chi connectivity index (χ3v) is 4.18. The van der Waals surface area contributed by atoms with Crippen LogP contribution in [-0.2, 0) is 6.54 Å². The van der Waals surface area contributed by atoms with E-state index in [4.69, 9.17) is 34.8 Å². The summed E-state index contributed by atoms with van der Waals surface area (Å²) in [6.45, 7) is 0.558. The first kappa shape index (κ1) is 14.5. The van der Waals surface area contributed by atoms with E-state index in [1.165, 1.54) is 0 Å². The molecule has 0 spiro atoms. The van der Waals surface area contributed by atoms with Crippen LogP contribution < -0.4 is 0 Å². The first-order valence-electron chi connectivity index (χ1n) is 6.26. The second-order valence-corrected chi connectivity index (χ2v) is 6.01. The molecule has 0 amide bonds. The van der Waals surface area contributed by atoms with Crippen LogP contribution in [0.5, 0.6) is 0 Å². The van der Waals surface area contributed by atoms with E-state index in [0.29, 0.717) is 27.2 Å². The van der Waals surface area contributed by atoms with Crippen molar-refractivity contribution in [3.8, 4) is 0 Å². The maximum atomic E-state index is 11.2. The fourth-order valence-electron chi connectivity index (χ4n) is 2.36. The zero-order chi connectivity index (χ0) is 15.0. The third kappa shape index (κ3) is 2.80. The second kappa shape index (κ2) is 5.72. The molecular weight excluding hydrogens is 329 g/mol. The summed E-state index contributed by atoms with van der Waals surface area (Å²) in [6, 6.07) is 10.9. The van der Waals surface area contributed by atoms with Crippen LogP contribution in [0.3, 0.4) is 0 Å². The molecule has 0 saturated carbocycles. The average molecular weight is 339 g/mol. The number of nitrogens with zero attached hydrogens (tertiary/aromatic N) is 1. The molecule has 21 heavy (non-hydrogen) atoms.